The number of hydrogen-bond acceptors (Lipinski definition) is 5. The number of nitrogens with one attached hydrogen (secondary N) is 1. The molecule has 0 saturated heterocycles. The molecule has 1 amide bonds. The van der Waals surface area contributed by atoms with Gasteiger partial charge in [0.05, 0.1) is 5.75 Å². The van der Waals surface area contributed by atoms with E-state index in [4.69, 9.17) is 0 Å². The summed E-state index contributed by atoms with van der Waals surface area (Å²) in [6.45, 7) is 1.50. The Bertz CT molecular complexity index is 657. The molecule has 0 spiro atoms. The monoisotopic (exact) mass is 307 g/mol. The number of halogens is 1. The minimum absolute atomic E-state index is 0.0502. The lowest BCUT2D eigenvalue weighted by Gasteiger charge is -2.14. The Morgan fingerprint density at radius 2 is 2.10 bits per heavy atom. The van der Waals surface area contributed by atoms with Crippen LogP contribution in [0.3, 0.4) is 0 Å². The number of rotatable bonds is 4. The molecule has 3 rings (SSSR count). The molecule has 6 nitrogen and oxygen atoms in total. The molecule has 2 aromatic rings. The summed E-state index contributed by atoms with van der Waals surface area (Å²) < 4.78 is 15.0. The van der Waals surface area contributed by atoms with Crippen molar-refractivity contribution in [2.24, 2.45) is 0 Å². The normalized spacial score (nSPS) is 13.3. The van der Waals surface area contributed by atoms with Crippen molar-refractivity contribution in [2.45, 2.75) is 11.7 Å². The first kappa shape index (κ1) is 13.9. The summed E-state index contributed by atoms with van der Waals surface area (Å²) in [6.07, 6.45) is 0. The van der Waals surface area contributed by atoms with E-state index in [1.54, 1.807) is 19.2 Å². The summed E-state index contributed by atoms with van der Waals surface area (Å²) in [4.78, 5) is 13.3. The summed E-state index contributed by atoms with van der Waals surface area (Å²) in [7, 11) is 1.60. The molecule has 2 heterocycles. The van der Waals surface area contributed by atoms with Crippen molar-refractivity contribution >= 4 is 29.3 Å². The Hall–Kier alpha value is -2.09. The van der Waals surface area contributed by atoms with Gasteiger partial charge in [0.25, 0.3) is 0 Å². The Kier molecular flexibility index (Phi) is 3.78. The fourth-order valence-corrected chi connectivity index (χ4v) is 2.98. The minimum Gasteiger partial charge on any atom is -0.358 e. The van der Waals surface area contributed by atoms with Gasteiger partial charge in [-0.25, -0.2) is 4.39 Å². The lowest BCUT2D eigenvalue weighted by atomic mass is 10.3. The van der Waals surface area contributed by atoms with Crippen LogP contribution in [0.2, 0.25) is 0 Å². The highest BCUT2D eigenvalue weighted by molar-refractivity contribution is 7.99. The van der Waals surface area contributed by atoms with Gasteiger partial charge in [0, 0.05) is 25.8 Å². The lowest BCUT2D eigenvalue weighted by molar-refractivity contribution is -0.118. The zero-order valence-corrected chi connectivity index (χ0v) is 12.2. The zero-order valence-electron chi connectivity index (χ0n) is 11.4. The third-order valence-corrected chi connectivity index (χ3v) is 4.20. The summed E-state index contributed by atoms with van der Waals surface area (Å²) in [5, 5.41) is 11.6. The first-order valence-corrected chi connectivity index (χ1v) is 7.47. The Morgan fingerprint density at radius 1 is 1.33 bits per heavy atom. The summed E-state index contributed by atoms with van der Waals surface area (Å²) in [5.74, 6) is 0.721. The number of carbonyl (C=O) groups is 1. The molecular formula is C13H14FN5OS. The van der Waals surface area contributed by atoms with Gasteiger partial charge in [0.2, 0.25) is 11.9 Å². The largest absolute Gasteiger partial charge is 0.358 e. The number of benzene rings is 1. The van der Waals surface area contributed by atoms with E-state index in [-0.39, 0.29) is 11.7 Å². The van der Waals surface area contributed by atoms with E-state index in [0.29, 0.717) is 5.75 Å². The topological polar surface area (TPSA) is 63.1 Å². The van der Waals surface area contributed by atoms with Gasteiger partial charge in [-0.3, -0.25) is 9.36 Å². The third-order valence-electron chi connectivity index (χ3n) is 3.24. The smallest absolute Gasteiger partial charge is 0.232 e. The van der Waals surface area contributed by atoms with E-state index in [9.17, 15) is 9.18 Å². The molecule has 1 aromatic carbocycles. The van der Waals surface area contributed by atoms with E-state index >= 15 is 0 Å². The van der Waals surface area contributed by atoms with Crippen molar-refractivity contribution in [2.75, 3.05) is 24.2 Å². The predicted molar refractivity (Wildman–Crippen MR) is 78.2 cm³/mol. The van der Waals surface area contributed by atoms with Crippen molar-refractivity contribution in [1.29, 1.82) is 0 Å². The second-order valence-electron chi connectivity index (χ2n) is 4.52. The van der Waals surface area contributed by atoms with Crippen LogP contribution in [0.4, 0.5) is 16.0 Å². The van der Waals surface area contributed by atoms with Crippen LogP contribution in [0, 0.1) is 5.82 Å². The maximum Gasteiger partial charge on any atom is 0.232 e. The molecule has 0 bridgehead atoms. The molecule has 1 N–H and O–H groups in total. The van der Waals surface area contributed by atoms with Crippen LogP contribution < -0.4 is 10.2 Å². The fraction of sp³-hybridized carbons (Fsp3) is 0.308. The number of carbonyl (C=O) groups excluding carboxylic acids is 1. The fourth-order valence-electron chi connectivity index (χ4n) is 2.15. The highest BCUT2D eigenvalue weighted by Gasteiger charge is 2.26. The van der Waals surface area contributed by atoms with Crippen LogP contribution >= 0.6 is 11.8 Å². The molecule has 1 aromatic heterocycles. The standard InChI is InChI=1S/C13H14FN5OS/c1-15-11(20)8-21-13-17-16-12-18(6-7-19(12)13)10-4-2-9(14)3-5-10/h2-5H,6-8H2,1H3,(H,15,20). The Labute approximate surface area is 125 Å². The molecule has 21 heavy (non-hydrogen) atoms. The molecular weight excluding hydrogens is 293 g/mol. The molecule has 0 radical (unpaired) electrons. The predicted octanol–water partition coefficient (Wildman–Crippen LogP) is 1.41. The summed E-state index contributed by atoms with van der Waals surface area (Å²) >= 11 is 1.36. The van der Waals surface area contributed by atoms with Crippen molar-refractivity contribution in [1.82, 2.24) is 20.1 Å². The Morgan fingerprint density at radius 3 is 2.81 bits per heavy atom. The number of amides is 1. The summed E-state index contributed by atoms with van der Waals surface area (Å²) in [6, 6.07) is 6.29. The summed E-state index contributed by atoms with van der Waals surface area (Å²) in [5.41, 5.74) is 0.880. The van der Waals surface area contributed by atoms with Gasteiger partial charge < -0.3 is 10.2 Å². The van der Waals surface area contributed by atoms with Gasteiger partial charge in [-0.2, -0.15) is 0 Å². The molecule has 0 atom stereocenters. The van der Waals surface area contributed by atoms with Crippen LogP contribution in [-0.2, 0) is 11.3 Å². The highest BCUT2D eigenvalue weighted by Crippen LogP contribution is 2.31. The number of hydrogen-bond donors (Lipinski definition) is 1. The third kappa shape index (κ3) is 2.71. The molecule has 1 aliphatic heterocycles. The molecule has 0 saturated carbocycles. The van der Waals surface area contributed by atoms with Crippen LogP contribution in [0.1, 0.15) is 0 Å². The van der Waals surface area contributed by atoms with Gasteiger partial charge in [-0.15, -0.1) is 10.2 Å². The van der Waals surface area contributed by atoms with E-state index in [0.717, 1.165) is 29.9 Å². The van der Waals surface area contributed by atoms with E-state index < -0.39 is 0 Å². The number of nitrogens with zero attached hydrogens (tertiary/aromatic N) is 4. The number of fused-ring (bicyclic) bond motifs is 1. The van der Waals surface area contributed by atoms with Gasteiger partial charge in [0.1, 0.15) is 5.82 Å². The first-order chi connectivity index (χ1) is 10.2. The number of thioether (sulfide) groups is 1. The van der Waals surface area contributed by atoms with Crippen LogP contribution in [0.25, 0.3) is 0 Å². The quantitative estimate of drug-likeness (QED) is 0.865. The van der Waals surface area contributed by atoms with Gasteiger partial charge >= 0.3 is 0 Å². The number of anilines is 2. The lowest BCUT2D eigenvalue weighted by Crippen LogP contribution is -2.20. The molecule has 0 aliphatic carbocycles. The maximum absolute atomic E-state index is 13.0. The van der Waals surface area contributed by atoms with E-state index in [1.807, 2.05) is 9.47 Å². The molecule has 1 aliphatic rings. The average molecular weight is 307 g/mol. The van der Waals surface area contributed by atoms with Crippen LogP contribution in [-0.4, -0.2) is 40.0 Å². The van der Waals surface area contributed by atoms with Crippen molar-refractivity contribution < 1.29 is 9.18 Å². The van der Waals surface area contributed by atoms with Crippen molar-refractivity contribution in [3.05, 3.63) is 30.1 Å². The van der Waals surface area contributed by atoms with Crippen LogP contribution in [0.5, 0.6) is 0 Å². The Balaban J connectivity index is 1.79. The maximum atomic E-state index is 13.0. The molecule has 0 unspecified atom stereocenters. The number of aromatic nitrogens is 3. The first-order valence-electron chi connectivity index (χ1n) is 6.48. The minimum atomic E-state index is -0.263. The van der Waals surface area contributed by atoms with Gasteiger partial charge in [0.15, 0.2) is 5.16 Å². The zero-order chi connectivity index (χ0) is 14.8. The second kappa shape index (κ2) is 5.72. The SMILES string of the molecule is CNC(=O)CSc1nnc2n1CCN2c1ccc(F)cc1. The van der Waals surface area contributed by atoms with E-state index in [1.165, 1.54) is 23.9 Å². The van der Waals surface area contributed by atoms with Crippen LogP contribution in [0.15, 0.2) is 29.4 Å². The van der Waals surface area contributed by atoms with Crippen molar-refractivity contribution in [3.63, 3.8) is 0 Å². The average Bonchev–Trinajstić information content (AvgIpc) is 3.08. The second-order valence-corrected chi connectivity index (χ2v) is 5.47. The molecule has 0 fully saturated rings. The molecule has 110 valence electrons. The van der Waals surface area contributed by atoms with E-state index in [2.05, 4.69) is 15.5 Å². The molecule has 8 heteroatoms. The highest BCUT2D eigenvalue weighted by atomic mass is 32.2. The van der Waals surface area contributed by atoms with Crippen molar-refractivity contribution in [3.8, 4) is 0 Å². The van der Waals surface area contributed by atoms with Gasteiger partial charge in [-0.1, -0.05) is 11.8 Å². The van der Waals surface area contributed by atoms with Gasteiger partial charge in [-0.05, 0) is 24.3 Å².